The molecule has 120 valence electrons. The molecule has 0 unspecified atom stereocenters. The number of rotatable bonds is 3. The Morgan fingerprint density at radius 2 is 1.96 bits per heavy atom. The smallest absolute Gasteiger partial charge is 0.271 e. The first kappa shape index (κ1) is 15.4. The Hall–Kier alpha value is -2.54. The average molecular weight is 335 g/mol. The molecule has 1 amide bonds. The van der Waals surface area contributed by atoms with Crippen molar-refractivity contribution in [1.29, 1.82) is 0 Å². The lowest BCUT2D eigenvalue weighted by Gasteiger charge is -2.36. The molecule has 2 heterocycles. The van der Waals surface area contributed by atoms with E-state index < -0.39 is 4.92 Å². The number of amides is 1. The number of carbonyl (C=O) groups excluding carboxylic acids is 1. The van der Waals surface area contributed by atoms with Gasteiger partial charge >= 0.3 is 0 Å². The van der Waals surface area contributed by atoms with Gasteiger partial charge in [0, 0.05) is 44.5 Å². The van der Waals surface area contributed by atoms with Crippen LogP contribution in [-0.4, -0.2) is 46.9 Å². The van der Waals surface area contributed by atoms with Crippen LogP contribution >= 0.6 is 11.6 Å². The highest BCUT2D eigenvalue weighted by Gasteiger charge is 2.24. The first-order chi connectivity index (χ1) is 11.1. The number of H-pyrrole nitrogens is 1. The monoisotopic (exact) mass is 334 g/mol. The van der Waals surface area contributed by atoms with Crippen molar-refractivity contribution >= 4 is 28.9 Å². The van der Waals surface area contributed by atoms with Crippen molar-refractivity contribution in [3.05, 3.63) is 57.4 Å². The predicted molar refractivity (Wildman–Crippen MR) is 87.0 cm³/mol. The molecule has 0 saturated carbocycles. The zero-order valence-corrected chi connectivity index (χ0v) is 13.0. The number of aromatic amines is 1. The van der Waals surface area contributed by atoms with Crippen molar-refractivity contribution < 1.29 is 9.72 Å². The number of benzene rings is 1. The second-order valence-electron chi connectivity index (χ2n) is 5.26. The van der Waals surface area contributed by atoms with E-state index in [2.05, 4.69) is 4.98 Å². The summed E-state index contributed by atoms with van der Waals surface area (Å²) in [5, 5.41) is 11.1. The van der Waals surface area contributed by atoms with Crippen LogP contribution in [0.1, 0.15) is 10.5 Å². The zero-order valence-electron chi connectivity index (χ0n) is 12.2. The molecule has 0 atom stereocenters. The maximum absolute atomic E-state index is 12.3. The maximum atomic E-state index is 12.3. The SMILES string of the molecule is O=C(c1ccc[nH]1)N1CCN(c2ccc([N+](=O)[O-])cc2Cl)CC1. The highest BCUT2D eigenvalue weighted by Crippen LogP contribution is 2.30. The Bertz CT molecular complexity index is 724. The highest BCUT2D eigenvalue weighted by atomic mass is 35.5. The van der Waals surface area contributed by atoms with Gasteiger partial charge in [-0.15, -0.1) is 0 Å². The molecule has 1 aliphatic rings. The number of nitro benzene ring substituents is 1. The molecule has 1 fully saturated rings. The van der Waals surface area contributed by atoms with Gasteiger partial charge in [-0.25, -0.2) is 0 Å². The van der Waals surface area contributed by atoms with Gasteiger partial charge in [-0.2, -0.15) is 0 Å². The minimum Gasteiger partial charge on any atom is -0.367 e. The first-order valence-corrected chi connectivity index (χ1v) is 7.55. The molecular weight excluding hydrogens is 320 g/mol. The van der Waals surface area contributed by atoms with Crippen molar-refractivity contribution in [3.8, 4) is 0 Å². The molecule has 23 heavy (non-hydrogen) atoms. The van der Waals surface area contributed by atoms with E-state index in [1.807, 2.05) is 4.90 Å². The zero-order chi connectivity index (χ0) is 16.4. The third-order valence-electron chi connectivity index (χ3n) is 3.88. The molecule has 0 bridgehead atoms. The van der Waals surface area contributed by atoms with Crippen LogP contribution < -0.4 is 4.90 Å². The largest absolute Gasteiger partial charge is 0.367 e. The molecular formula is C15H15ClN4O3. The van der Waals surface area contributed by atoms with E-state index in [1.54, 1.807) is 29.3 Å². The lowest BCUT2D eigenvalue weighted by Crippen LogP contribution is -2.49. The summed E-state index contributed by atoms with van der Waals surface area (Å²) < 4.78 is 0. The molecule has 7 nitrogen and oxygen atoms in total. The number of anilines is 1. The summed E-state index contributed by atoms with van der Waals surface area (Å²) in [4.78, 5) is 29.3. The number of aromatic nitrogens is 1. The molecule has 3 rings (SSSR count). The fourth-order valence-corrected chi connectivity index (χ4v) is 2.94. The third kappa shape index (κ3) is 3.14. The standard InChI is InChI=1S/C15H15ClN4O3/c16-12-10-11(20(22)23)3-4-14(12)18-6-8-19(9-7-18)15(21)13-2-1-5-17-13/h1-5,10,17H,6-9H2. The van der Waals surface area contributed by atoms with Gasteiger partial charge in [0.05, 0.1) is 15.6 Å². The van der Waals surface area contributed by atoms with Gasteiger partial charge in [0.1, 0.15) is 5.69 Å². The second-order valence-corrected chi connectivity index (χ2v) is 5.66. The Labute approximate surface area is 137 Å². The average Bonchev–Trinajstić information content (AvgIpc) is 3.08. The van der Waals surface area contributed by atoms with Gasteiger partial charge in [0.15, 0.2) is 0 Å². The summed E-state index contributed by atoms with van der Waals surface area (Å²) in [6.07, 6.45) is 1.72. The molecule has 1 saturated heterocycles. The third-order valence-corrected chi connectivity index (χ3v) is 4.18. The summed E-state index contributed by atoms with van der Waals surface area (Å²) in [6, 6.07) is 8.00. The van der Waals surface area contributed by atoms with Crippen molar-refractivity contribution in [3.63, 3.8) is 0 Å². The van der Waals surface area contributed by atoms with Crippen molar-refractivity contribution in [2.24, 2.45) is 0 Å². The van der Waals surface area contributed by atoms with Crippen LogP contribution in [0.15, 0.2) is 36.5 Å². The number of nitrogens with one attached hydrogen (secondary N) is 1. The molecule has 0 radical (unpaired) electrons. The lowest BCUT2D eigenvalue weighted by molar-refractivity contribution is -0.384. The van der Waals surface area contributed by atoms with Gasteiger partial charge in [0.25, 0.3) is 11.6 Å². The van der Waals surface area contributed by atoms with Gasteiger partial charge in [-0.3, -0.25) is 14.9 Å². The van der Waals surface area contributed by atoms with Crippen LogP contribution in [0.2, 0.25) is 5.02 Å². The summed E-state index contributed by atoms with van der Waals surface area (Å²) in [6.45, 7) is 2.41. The summed E-state index contributed by atoms with van der Waals surface area (Å²) >= 11 is 6.16. The predicted octanol–water partition coefficient (Wildman–Crippen LogP) is 2.54. The molecule has 2 aromatic rings. The number of halogens is 1. The Balaban J connectivity index is 1.67. The molecule has 1 aromatic carbocycles. The van der Waals surface area contributed by atoms with Gasteiger partial charge < -0.3 is 14.8 Å². The molecule has 0 spiro atoms. The van der Waals surface area contributed by atoms with Crippen LogP contribution in [-0.2, 0) is 0 Å². The van der Waals surface area contributed by atoms with E-state index >= 15 is 0 Å². The number of hydrogen-bond donors (Lipinski definition) is 1. The number of piperazine rings is 1. The van der Waals surface area contributed by atoms with Crippen LogP contribution in [0.25, 0.3) is 0 Å². The number of carbonyl (C=O) groups is 1. The van der Waals surface area contributed by atoms with E-state index in [-0.39, 0.29) is 11.6 Å². The quantitative estimate of drug-likeness (QED) is 0.690. The van der Waals surface area contributed by atoms with Gasteiger partial charge in [-0.05, 0) is 18.2 Å². The minimum atomic E-state index is -0.470. The summed E-state index contributed by atoms with van der Waals surface area (Å²) in [5.41, 5.74) is 1.30. The molecule has 0 aliphatic carbocycles. The molecule has 8 heteroatoms. The minimum absolute atomic E-state index is 0.0237. The highest BCUT2D eigenvalue weighted by molar-refractivity contribution is 6.33. The normalized spacial score (nSPS) is 14.8. The van der Waals surface area contributed by atoms with E-state index in [4.69, 9.17) is 11.6 Å². The molecule has 1 N–H and O–H groups in total. The van der Waals surface area contributed by atoms with Crippen LogP contribution in [0, 0.1) is 10.1 Å². The van der Waals surface area contributed by atoms with Crippen molar-refractivity contribution in [2.75, 3.05) is 31.1 Å². The fraction of sp³-hybridized carbons (Fsp3) is 0.267. The topological polar surface area (TPSA) is 82.5 Å². The Morgan fingerprint density at radius 3 is 2.52 bits per heavy atom. The van der Waals surface area contributed by atoms with Crippen LogP contribution in [0.4, 0.5) is 11.4 Å². The van der Waals surface area contributed by atoms with Crippen molar-refractivity contribution in [2.45, 2.75) is 0 Å². The number of non-ortho nitro benzene ring substituents is 1. The lowest BCUT2D eigenvalue weighted by atomic mass is 10.2. The Morgan fingerprint density at radius 1 is 1.22 bits per heavy atom. The Kier molecular flexibility index (Phi) is 4.20. The second kappa shape index (κ2) is 6.29. The van der Waals surface area contributed by atoms with Crippen molar-refractivity contribution in [1.82, 2.24) is 9.88 Å². The van der Waals surface area contributed by atoms with Gasteiger partial charge in [0.2, 0.25) is 0 Å². The van der Waals surface area contributed by atoms with E-state index in [0.29, 0.717) is 36.9 Å². The van der Waals surface area contributed by atoms with Crippen LogP contribution in [0.3, 0.4) is 0 Å². The van der Waals surface area contributed by atoms with E-state index in [1.165, 1.54) is 12.1 Å². The number of nitrogens with zero attached hydrogens (tertiary/aromatic N) is 3. The van der Waals surface area contributed by atoms with E-state index in [9.17, 15) is 14.9 Å². The molecule has 1 aromatic heterocycles. The van der Waals surface area contributed by atoms with E-state index in [0.717, 1.165) is 5.69 Å². The molecule has 1 aliphatic heterocycles. The summed E-state index contributed by atoms with van der Waals surface area (Å²) in [5.74, 6) is -0.0237. The number of nitro groups is 1. The maximum Gasteiger partial charge on any atom is 0.271 e. The summed E-state index contributed by atoms with van der Waals surface area (Å²) in [7, 11) is 0. The first-order valence-electron chi connectivity index (χ1n) is 7.18. The van der Waals surface area contributed by atoms with Gasteiger partial charge in [-0.1, -0.05) is 11.6 Å². The number of hydrogen-bond acceptors (Lipinski definition) is 4. The van der Waals surface area contributed by atoms with Crippen LogP contribution in [0.5, 0.6) is 0 Å². The fourth-order valence-electron chi connectivity index (χ4n) is 2.65.